The van der Waals surface area contributed by atoms with Gasteiger partial charge in [0.05, 0.1) is 30.6 Å². The fraction of sp³-hybridized carbons (Fsp3) is 0.393. The molecular formula is C28H31FN4O2. The lowest BCUT2D eigenvalue weighted by Crippen LogP contribution is -2.43. The molecule has 0 radical (unpaired) electrons. The van der Waals surface area contributed by atoms with Crippen molar-refractivity contribution in [1.29, 1.82) is 5.26 Å². The number of benzene rings is 2. The predicted molar refractivity (Wildman–Crippen MR) is 132 cm³/mol. The molecule has 2 aliphatic rings. The summed E-state index contributed by atoms with van der Waals surface area (Å²) in [5, 5.41) is 15.6. The second-order valence-corrected chi connectivity index (χ2v) is 9.60. The number of carbonyl (C=O) groups is 2. The van der Waals surface area contributed by atoms with Gasteiger partial charge in [0.1, 0.15) is 12.2 Å². The lowest BCUT2D eigenvalue weighted by atomic mass is 9.76. The highest BCUT2D eigenvalue weighted by Crippen LogP contribution is 2.36. The van der Waals surface area contributed by atoms with Crippen molar-refractivity contribution >= 4 is 11.8 Å². The van der Waals surface area contributed by atoms with Crippen LogP contribution in [0.5, 0.6) is 0 Å². The van der Waals surface area contributed by atoms with Crippen molar-refractivity contribution in [1.82, 2.24) is 15.5 Å². The van der Waals surface area contributed by atoms with Crippen LogP contribution in [-0.2, 0) is 9.59 Å². The van der Waals surface area contributed by atoms with Crippen LogP contribution in [0.1, 0.15) is 49.8 Å². The maximum atomic E-state index is 13.6. The topological polar surface area (TPSA) is 85.2 Å². The number of carbonyl (C=O) groups excluding carboxylic acids is 2. The molecule has 2 aromatic carbocycles. The summed E-state index contributed by atoms with van der Waals surface area (Å²) in [5.74, 6) is -0.290. The third-order valence-corrected chi connectivity index (χ3v) is 7.02. The molecule has 1 aliphatic heterocycles. The van der Waals surface area contributed by atoms with Crippen LogP contribution in [-0.4, -0.2) is 42.0 Å². The monoisotopic (exact) mass is 474 g/mol. The predicted octanol–water partition coefficient (Wildman–Crippen LogP) is 4.02. The Morgan fingerprint density at radius 3 is 2.31 bits per heavy atom. The Balaban J connectivity index is 1.37. The van der Waals surface area contributed by atoms with Crippen LogP contribution in [0.25, 0.3) is 0 Å². The Morgan fingerprint density at radius 1 is 1.14 bits per heavy atom. The second-order valence-electron chi connectivity index (χ2n) is 9.60. The molecule has 0 spiro atoms. The Kier molecular flexibility index (Phi) is 7.50. The van der Waals surface area contributed by atoms with Crippen LogP contribution >= 0.6 is 0 Å². The third kappa shape index (κ3) is 5.71. The minimum absolute atomic E-state index is 0.00972. The molecule has 2 aromatic rings. The van der Waals surface area contributed by atoms with E-state index in [1.165, 1.54) is 4.90 Å². The summed E-state index contributed by atoms with van der Waals surface area (Å²) in [5.41, 5.74) is 2.38. The Hall–Kier alpha value is -3.66. The third-order valence-electron chi connectivity index (χ3n) is 7.02. The zero-order valence-electron chi connectivity index (χ0n) is 19.9. The molecule has 0 bridgehead atoms. The van der Waals surface area contributed by atoms with Crippen LogP contribution in [0, 0.1) is 16.7 Å². The first-order valence-electron chi connectivity index (χ1n) is 12.1. The van der Waals surface area contributed by atoms with Gasteiger partial charge in [-0.15, -0.1) is 0 Å². The molecule has 1 saturated heterocycles. The van der Waals surface area contributed by atoms with Gasteiger partial charge in [0.15, 0.2) is 0 Å². The summed E-state index contributed by atoms with van der Waals surface area (Å²) in [7, 11) is 0. The van der Waals surface area contributed by atoms with E-state index in [2.05, 4.69) is 10.6 Å². The van der Waals surface area contributed by atoms with Crippen molar-refractivity contribution in [3.63, 3.8) is 0 Å². The van der Waals surface area contributed by atoms with E-state index in [9.17, 15) is 14.0 Å². The van der Waals surface area contributed by atoms with E-state index in [0.717, 1.165) is 16.8 Å². The molecule has 1 aliphatic carbocycles. The Labute approximate surface area is 205 Å². The summed E-state index contributed by atoms with van der Waals surface area (Å²) in [6, 6.07) is 20.9. The van der Waals surface area contributed by atoms with Crippen LogP contribution < -0.4 is 10.6 Å². The van der Waals surface area contributed by atoms with E-state index in [4.69, 9.17) is 5.26 Å². The molecular weight excluding hydrogens is 443 g/mol. The van der Waals surface area contributed by atoms with Crippen molar-refractivity contribution in [2.24, 2.45) is 5.41 Å². The number of hydrogen-bond acceptors (Lipinski definition) is 4. The number of likely N-dealkylation sites (tertiary alicyclic amines) is 1. The average Bonchev–Trinajstić information content (AvgIpc) is 3.28. The maximum Gasteiger partial charge on any atom is 0.243 e. The molecule has 35 heavy (non-hydrogen) atoms. The summed E-state index contributed by atoms with van der Waals surface area (Å²) in [4.78, 5) is 27.2. The molecule has 3 atom stereocenters. The van der Waals surface area contributed by atoms with E-state index in [1.54, 1.807) is 0 Å². The standard InChI is InChI=1S/C28H31FN4O2/c1-28(27(35)32-26(20-8-4-2-5-9-20)21-10-6-3-7-11-21)14-12-23(13-15-28)31-18-25(34)33-19-22(29)16-24(33)17-30/h2-12,22,24,26,31H,13-16,18-19H2,1H3,(H,32,35)/t22-,24-,28?/m0/s1. The number of halogens is 1. The van der Waals surface area contributed by atoms with Gasteiger partial charge in [-0.1, -0.05) is 73.7 Å². The van der Waals surface area contributed by atoms with E-state index in [0.29, 0.717) is 19.3 Å². The number of alkyl halides is 1. The molecule has 0 aromatic heterocycles. The Morgan fingerprint density at radius 2 is 1.77 bits per heavy atom. The van der Waals surface area contributed by atoms with Crippen LogP contribution in [0.4, 0.5) is 4.39 Å². The fourth-order valence-corrected chi connectivity index (χ4v) is 4.76. The number of hydrogen-bond donors (Lipinski definition) is 2. The number of nitrogens with zero attached hydrogens (tertiary/aromatic N) is 2. The zero-order chi connectivity index (χ0) is 24.8. The quantitative estimate of drug-likeness (QED) is 0.635. The van der Waals surface area contributed by atoms with Crippen molar-refractivity contribution in [2.45, 2.75) is 50.9 Å². The number of nitrogens with one attached hydrogen (secondary N) is 2. The summed E-state index contributed by atoms with van der Waals surface area (Å²) < 4.78 is 13.6. The van der Waals surface area contributed by atoms with Gasteiger partial charge in [0.25, 0.3) is 0 Å². The molecule has 4 rings (SSSR count). The normalized spacial score (nSPS) is 23.9. The van der Waals surface area contributed by atoms with Crippen molar-refractivity contribution < 1.29 is 14.0 Å². The zero-order valence-corrected chi connectivity index (χ0v) is 19.9. The van der Waals surface area contributed by atoms with Crippen molar-refractivity contribution in [2.75, 3.05) is 13.1 Å². The van der Waals surface area contributed by atoms with Crippen molar-refractivity contribution in [3.05, 3.63) is 83.6 Å². The van der Waals surface area contributed by atoms with E-state index in [-0.39, 0.29) is 37.4 Å². The highest BCUT2D eigenvalue weighted by atomic mass is 19.1. The molecule has 6 nitrogen and oxygen atoms in total. The average molecular weight is 475 g/mol. The minimum Gasteiger partial charge on any atom is -0.380 e. The van der Waals surface area contributed by atoms with Crippen LogP contribution in [0.3, 0.4) is 0 Å². The number of nitriles is 1. The minimum atomic E-state index is -1.15. The lowest BCUT2D eigenvalue weighted by Gasteiger charge is -2.34. The molecule has 1 heterocycles. The highest BCUT2D eigenvalue weighted by Gasteiger charge is 2.37. The molecule has 1 fully saturated rings. The first-order valence-corrected chi connectivity index (χ1v) is 12.1. The number of amides is 2. The van der Waals surface area contributed by atoms with Gasteiger partial charge in [-0.3, -0.25) is 9.59 Å². The summed E-state index contributed by atoms with van der Waals surface area (Å²) in [6.07, 6.45) is 2.71. The Bertz CT molecular complexity index is 1080. The molecule has 0 saturated carbocycles. The first-order chi connectivity index (χ1) is 16.9. The van der Waals surface area contributed by atoms with Crippen LogP contribution in [0.2, 0.25) is 0 Å². The second kappa shape index (κ2) is 10.7. The first kappa shape index (κ1) is 24.5. The highest BCUT2D eigenvalue weighted by molar-refractivity contribution is 5.83. The van der Waals surface area contributed by atoms with Gasteiger partial charge in [0, 0.05) is 12.1 Å². The van der Waals surface area contributed by atoms with Gasteiger partial charge in [-0.25, -0.2) is 4.39 Å². The molecule has 7 heteroatoms. The number of allylic oxidation sites excluding steroid dienone is 2. The lowest BCUT2D eigenvalue weighted by molar-refractivity contribution is -0.132. The van der Waals surface area contributed by atoms with Gasteiger partial charge < -0.3 is 15.5 Å². The van der Waals surface area contributed by atoms with Gasteiger partial charge >= 0.3 is 0 Å². The molecule has 182 valence electrons. The SMILES string of the molecule is CC1(C(=O)NC(c2ccccc2)c2ccccc2)CC=C(NCC(=O)N2C[C@@H](F)C[C@H]2C#N)CC1. The maximum absolute atomic E-state index is 13.6. The van der Waals surface area contributed by atoms with Gasteiger partial charge in [0.2, 0.25) is 11.8 Å². The fourth-order valence-electron chi connectivity index (χ4n) is 4.76. The van der Waals surface area contributed by atoms with Gasteiger partial charge in [-0.05, 0) is 30.4 Å². The van der Waals surface area contributed by atoms with Crippen LogP contribution in [0.15, 0.2) is 72.4 Å². The summed E-state index contributed by atoms with van der Waals surface area (Å²) >= 11 is 0. The largest absolute Gasteiger partial charge is 0.380 e. The van der Waals surface area contributed by atoms with E-state index >= 15 is 0 Å². The van der Waals surface area contributed by atoms with E-state index < -0.39 is 17.6 Å². The molecule has 2 amide bonds. The molecule has 1 unspecified atom stereocenters. The smallest absolute Gasteiger partial charge is 0.243 e. The summed E-state index contributed by atoms with van der Waals surface area (Å²) in [6.45, 7) is 1.96. The van der Waals surface area contributed by atoms with Crippen molar-refractivity contribution in [3.8, 4) is 6.07 Å². The molecule has 2 N–H and O–H groups in total. The number of rotatable bonds is 7. The van der Waals surface area contributed by atoms with Gasteiger partial charge in [-0.2, -0.15) is 5.26 Å². The van der Waals surface area contributed by atoms with E-state index in [1.807, 2.05) is 79.7 Å².